The number of fused-ring (bicyclic) bond motifs is 1. The number of amides is 3. The van der Waals surface area contributed by atoms with E-state index in [0.717, 1.165) is 0 Å². The predicted molar refractivity (Wildman–Crippen MR) is 124 cm³/mol. The fraction of sp³-hybridized carbons (Fsp3) is 0.240. The zero-order valence-corrected chi connectivity index (χ0v) is 18.7. The zero-order chi connectivity index (χ0) is 24.0. The summed E-state index contributed by atoms with van der Waals surface area (Å²) >= 11 is 0. The van der Waals surface area contributed by atoms with Crippen LogP contribution in [0.3, 0.4) is 0 Å². The molecule has 0 bridgehead atoms. The van der Waals surface area contributed by atoms with Crippen LogP contribution in [0, 0.1) is 5.82 Å². The molecule has 0 N–H and O–H groups in total. The largest absolute Gasteiger partial charge is 0.464 e. The minimum atomic E-state index is -0.388. The van der Waals surface area contributed by atoms with E-state index in [9.17, 15) is 18.8 Å². The van der Waals surface area contributed by atoms with Crippen molar-refractivity contribution in [3.63, 3.8) is 0 Å². The highest BCUT2D eigenvalue weighted by Crippen LogP contribution is 2.15. The predicted octanol–water partition coefficient (Wildman–Crippen LogP) is 3.63. The Balaban J connectivity index is 1.91. The van der Waals surface area contributed by atoms with Crippen LogP contribution in [0.5, 0.6) is 0 Å². The number of benzene rings is 2. The van der Waals surface area contributed by atoms with Crippen LogP contribution < -0.4 is 5.43 Å². The number of carbonyl (C=O) groups is 2. The highest BCUT2D eigenvalue weighted by atomic mass is 19.1. The number of urea groups is 1. The molecule has 0 aliphatic heterocycles. The third-order valence-corrected chi connectivity index (χ3v) is 5.08. The van der Waals surface area contributed by atoms with Gasteiger partial charge >= 0.3 is 6.03 Å². The lowest BCUT2D eigenvalue weighted by Gasteiger charge is -2.28. The molecule has 0 unspecified atom stereocenters. The lowest BCUT2D eigenvalue weighted by molar-refractivity contribution is -0.133. The summed E-state index contributed by atoms with van der Waals surface area (Å²) in [6.07, 6.45) is 2.89. The lowest BCUT2D eigenvalue weighted by Crippen LogP contribution is -2.46. The van der Waals surface area contributed by atoms with Gasteiger partial charge < -0.3 is 19.1 Å². The van der Waals surface area contributed by atoms with Crippen LogP contribution >= 0.6 is 0 Å². The van der Waals surface area contributed by atoms with E-state index in [1.54, 1.807) is 50.5 Å². The first-order valence-electron chi connectivity index (χ1n) is 10.4. The van der Waals surface area contributed by atoms with Crippen molar-refractivity contribution in [3.05, 3.63) is 94.6 Å². The molecule has 0 atom stereocenters. The first kappa shape index (κ1) is 23.7. The van der Waals surface area contributed by atoms with Crippen molar-refractivity contribution in [2.75, 3.05) is 27.2 Å². The molecule has 172 valence electrons. The number of rotatable bonds is 8. The van der Waals surface area contributed by atoms with Crippen LogP contribution in [0.2, 0.25) is 0 Å². The summed E-state index contributed by atoms with van der Waals surface area (Å²) in [5.74, 6) is -0.760. The first-order chi connectivity index (χ1) is 15.8. The van der Waals surface area contributed by atoms with Gasteiger partial charge in [-0.2, -0.15) is 0 Å². The van der Waals surface area contributed by atoms with Crippen molar-refractivity contribution >= 4 is 22.9 Å². The van der Waals surface area contributed by atoms with Gasteiger partial charge in [0.2, 0.25) is 5.91 Å². The van der Waals surface area contributed by atoms with Crippen LogP contribution in [0.4, 0.5) is 9.18 Å². The molecule has 7 nitrogen and oxygen atoms in total. The quantitative estimate of drug-likeness (QED) is 0.490. The molecule has 1 heterocycles. The van der Waals surface area contributed by atoms with Crippen LogP contribution in [0.15, 0.2) is 76.7 Å². The van der Waals surface area contributed by atoms with E-state index in [1.165, 1.54) is 39.2 Å². The second-order valence-corrected chi connectivity index (χ2v) is 7.81. The molecule has 0 saturated heterocycles. The number of nitrogens with zero attached hydrogens (tertiary/aromatic N) is 3. The average molecular weight is 451 g/mol. The van der Waals surface area contributed by atoms with Crippen molar-refractivity contribution in [1.82, 2.24) is 14.7 Å². The van der Waals surface area contributed by atoms with Crippen molar-refractivity contribution < 1.29 is 18.4 Å². The Hall–Kier alpha value is -3.94. The normalized spacial score (nSPS) is 10.6. The van der Waals surface area contributed by atoms with Crippen LogP contribution in [-0.2, 0) is 17.9 Å². The lowest BCUT2D eigenvalue weighted by atomic mass is 10.1. The van der Waals surface area contributed by atoms with Crippen LogP contribution in [0.1, 0.15) is 11.1 Å². The molecule has 3 rings (SSSR count). The molecule has 3 aromatic rings. The molecule has 2 aromatic carbocycles. The maximum absolute atomic E-state index is 13.4. The van der Waals surface area contributed by atoms with Gasteiger partial charge in [0.1, 0.15) is 17.9 Å². The molecule has 0 saturated carbocycles. The monoisotopic (exact) mass is 451 g/mol. The zero-order valence-electron chi connectivity index (χ0n) is 18.7. The highest BCUT2D eigenvalue weighted by molar-refractivity contribution is 5.84. The molecule has 0 radical (unpaired) electrons. The van der Waals surface area contributed by atoms with E-state index in [1.807, 2.05) is 0 Å². The van der Waals surface area contributed by atoms with E-state index in [-0.39, 0.29) is 49.4 Å². The molecule has 0 aliphatic rings. The summed E-state index contributed by atoms with van der Waals surface area (Å²) in [4.78, 5) is 42.9. The molecule has 0 spiro atoms. The number of halogens is 1. The second-order valence-electron chi connectivity index (χ2n) is 7.81. The first-order valence-corrected chi connectivity index (χ1v) is 10.4. The Morgan fingerprint density at radius 1 is 1.03 bits per heavy atom. The van der Waals surface area contributed by atoms with Gasteiger partial charge in [-0.25, -0.2) is 9.18 Å². The summed E-state index contributed by atoms with van der Waals surface area (Å²) in [7, 11) is 3.19. The smallest absolute Gasteiger partial charge is 0.320 e. The summed E-state index contributed by atoms with van der Waals surface area (Å²) in [6.45, 7) is 3.73. The van der Waals surface area contributed by atoms with Crippen molar-refractivity contribution in [2.45, 2.75) is 13.1 Å². The summed E-state index contributed by atoms with van der Waals surface area (Å²) in [5.41, 5.74) is 1.21. The summed E-state index contributed by atoms with van der Waals surface area (Å²) in [6, 6.07) is 12.3. The SMILES string of the molecule is C=CCN(CC(=O)N(Cc1ccc(F)cc1)Cc1coc2ccccc2c1=O)C(=O)N(C)C. The molecule has 0 aliphatic carbocycles. The third-order valence-electron chi connectivity index (χ3n) is 5.08. The van der Waals surface area contributed by atoms with Crippen molar-refractivity contribution in [2.24, 2.45) is 0 Å². The van der Waals surface area contributed by atoms with Gasteiger partial charge in [-0.05, 0) is 29.8 Å². The minimum absolute atomic E-state index is 0.0263. The Morgan fingerprint density at radius 2 is 1.73 bits per heavy atom. The molecule has 3 amide bonds. The maximum atomic E-state index is 13.4. The Bertz CT molecular complexity index is 1200. The number of para-hydroxylation sites is 1. The summed E-state index contributed by atoms with van der Waals surface area (Å²) in [5, 5.41) is 0.417. The molecular formula is C25H26FN3O4. The molecule has 1 aromatic heterocycles. The highest BCUT2D eigenvalue weighted by Gasteiger charge is 2.23. The number of hydrogen-bond acceptors (Lipinski definition) is 4. The molecule has 0 fully saturated rings. The summed E-state index contributed by atoms with van der Waals surface area (Å²) < 4.78 is 18.9. The third kappa shape index (κ3) is 5.85. The Kier molecular flexibility index (Phi) is 7.61. The Labute approximate surface area is 191 Å². The molecule has 8 heteroatoms. The fourth-order valence-corrected chi connectivity index (χ4v) is 3.39. The number of carbonyl (C=O) groups excluding carboxylic acids is 2. The minimum Gasteiger partial charge on any atom is -0.464 e. The van der Waals surface area contributed by atoms with E-state index >= 15 is 0 Å². The second kappa shape index (κ2) is 10.6. The van der Waals surface area contributed by atoms with Gasteiger partial charge in [0.05, 0.1) is 23.8 Å². The van der Waals surface area contributed by atoms with E-state index in [2.05, 4.69) is 6.58 Å². The Morgan fingerprint density at radius 3 is 2.39 bits per heavy atom. The van der Waals surface area contributed by atoms with Crippen molar-refractivity contribution in [1.29, 1.82) is 0 Å². The van der Waals surface area contributed by atoms with Gasteiger partial charge in [-0.15, -0.1) is 6.58 Å². The maximum Gasteiger partial charge on any atom is 0.320 e. The number of hydrogen-bond donors (Lipinski definition) is 0. The van der Waals surface area contributed by atoms with E-state index in [0.29, 0.717) is 22.1 Å². The standard InChI is InChI=1S/C25H26FN3O4/c1-4-13-28(25(32)27(2)3)16-23(30)29(14-18-9-11-20(26)12-10-18)15-19-17-33-22-8-6-5-7-21(22)24(19)31/h4-12,17H,1,13-16H2,2-3H3. The van der Waals surface area contributed by atoms with Gasteiger partial charge in [-0.3, -0.25) is 9.59 Å². The van der Waals surface area contributed by atoms with Gasteiger partial charge in [0, 0.05) is 27.2 Å². The van der Waals surface area contributed by atoms with Crippen molar-refractivity contribution in [3.8, 4) is 0 Å². The van der Waals surface area contributed by atoms with E-state index in [4.69, 9.17) is 4.42 Å². The topological polar surface area (TPSA) is 74.1 Å². The van der Waals surface area contributed by atoms with E-state index < -0.39 is 0 Å². The molecular weight excluding hydrogens is 425 g/mol. The fourth-order valence-electron chi connectivity index (χ4n) is 3.39. The average Bonchev–Trinajstić information content (AvgIpc) is 2.80. The van der Waals surface area contributed by atoms with Gasteiger partial charge in [0.15, 0.2) is 5.43 Å². The molecule has 33 heavy (non-hydrogen) atoms. The van der Waals surface area contributed by atoms with Gasteiger partial charge in [-0.1, -0.05) is 30.3 Å². The van der Waals surface area contributed by atoms with Crippen LogP contribution in [0.25, 0.3) is 11.0 Å². The van der Waals surface area contributed by atoms with Crippen LogP contribution in [-0.4, -0.2) is 53.8 Å². The van der Waals surface area contributed by atoms with Gasteiger partial charge in [0.25, 0.3) is 0 Å².